The average Bonchev–Trinajstić information content (AvgIpc) is 2.75. The topological polar surface area (TPSA) is 44.8 Å². The molecular weight excluding hydrogens is 208 g/mol. The number of carbonyl (C=O) groups is 1. The first-order valence-electron chi connectivity index (χ1n) is 5.66. The van der Waals surface area contributed by atoms with Crippen molar-refractivity contribution >= 4 is 5.97 Å². The molecule has 1 rings (SSSR count). The molecule has 16 heavy (non-hydrogen) atoms. The molecule has 1 saturated heterocycles. The summed E-state index contributed by atoms with van der Waals surface area (Å²) in [5.74, 6) is -0.340. The summed E-state index contributed by atoms with van der Waals surface area (Å²) in [6, 6.07) is 0. The summed E-state index contributed by atoms with van der Waals surface area (Å²) in [6.45, 7) is 6.60. The van der Waals surface area contributed by atoms with Gasteiger partial charge in [-0.25, -0.2) is 4.79 Å². The van der Waals surface area contributed by atoms with Gasteiger partial charge in [-0.2, -0.15) is 0 Å². The zero-order valence-corrected chi connectivity index (χ0v) is 10.2. The van der Waals surface area contributed by atoms with E-state index in [0.29, 0.717) is 6.61 Å². The molecule has 0 bridgehead atoms. The van der Waals surface area contributed by atoms with Crippen molar-refractivity contribution in [1.29, 1.82) is 0 Å². The van der Waals surface area contributed by atoms with Gasteiger partial charge in [0, 0.05) is 6.61 Å². The smallest absolute Gasteiger partial charge is 0.347 e. The highest BCUT2D eigenvalue weighted by Crippen LogP contribution is 2.12. The van der Waals surface area contributed by atoms with Crippen molar-refractivity contribution in [3.8, 4) is 0 Å². The first kappa shape index (κ1) is 13.0. The van der Waals surface area contributed by atoms with E-state index in [4.69, 9.17) is 14.2 Å². The van der Waals surface area contributed by atoms with E-state index in [1.165, 1.54) is 0 Å². The summed E-state index contributed by atoms with van der Waals surface area (Å²) in [7, 11) is 0. The fourth-order valence-electron chi connectivity index (χ4n) is 1.36. The molecule has 0 aromatic carbocycles. The van der Waals surface area contributed by atoms with E-state index in [0.717, 1.165) is 25.0 Å². The highest BCUT2D eigenvalue weighted by Gasteiger charge is 2.20. The van der Waals surface area contributed by atoms with Gasteiger partial charge >= 0.3 is 5.97 Å². The molecule has 2 atom stereocenters. The van der Waals surface area contributed by atoms with Crippen LogP contribution in [0.2, 0.25) is 0 Å². The Hall–Kier alpha value is -1.03. The van der Waals surface area contributed by atoms with Crippen molar-refractivity contribution in [1.82, 2.24) is 0 Å². The predicted molar refractivity (Wildman–Crippen MR) is 59.9 cm³/mol. The van der Waals surface area contributed by atoms with E-state index < -0.39 is 6.10 Å². The first-order chi connectivity index (χ1) is 7.59. The van der Waals surface area contributed by atoms with E-state index in [2.05, 4.69) is 0 Å². The van der Waals surface area contributed by atoms with Gasteiger partial charge < -0.3 is 14.2 Å². The van der Waals surface area contributed by atoms with Gasteiger partial charge in [0.15, 0.2) is 6.10 Å². The molecule has 1 aliphatic rings. The van der Waals surface area contributed by atoms with Gasteiger partial charge in [-0.15, -0.1) is 0 Å². The predicted octanol–water partition coefficient (Wildman–Crippen LogP) is 2.04. The van der Waals surface area contributed by atoms with Gasteiger partial charge in [0.2, 0.25) is 0 Å². The highest BCUT2D eigenvalue weighted by molar-refractivity contribution is 5.74. The number of ether oxygens (including phenoxy) is 3. The second-order valence-corrected chi connectivity index (χ2v) is 4.24. The van der Waals surface area contributed by atoms with Crippen molar-refractivity contribution in [3.05, 3.63) is 11.8 Å². The SMILES string of the molecule is CC(C)=COC(C)C(=O)OCC1CCCO1. The van der Waals surface area contributed by atoms with Crippen LogP contribution in [0.1, 0.15) is 33.6 Å². The van der Waals surface area contributed by atoms with Crippen molar-refractivity contribution in [2.24, 2.45) is 0 Å². The molecule has 0 aromatic heterocycles. The Bertz CT molecular complexity index is 250. The third kappa shape index (κ3) is 4.66. The van der Waals surface area contributed by atoms with E-state index in [1.54, 1.807) is 13.2 Å². The quantitative estimate of drug-likeness (QED) is 0.533. The number of hydrogen-bond acceptors (Lipinski definition) is 4. The van der Waals surface area contributed by atoms with E-state index in [9.17, 15) is 4.79 Å². The van der Waals surface area contributed by atoms with Crippen molar-refractivity contribution in [2.45, 2.75) is 45.8 Å². The first-order valence-corrected chi connectivity index (χ1v) is 5.66. The summed E-state index contributed by atoms with van der Waals surface area (Å²) < 4.78 is 15.7. The molecule has 0 radical (unpaired) electrons. The Morgan fingerprint density at radius 1 is 1.56 bits per heavy atom. The number of esters is 1. The van der Waals surface area contributed by atoms with Crippen LogP contribution in [0.5, 0.6) is 0 Å². The molecule has 0 spiro atoms. The Balaban J connectivity index is 2.20. The van der Waals surface area contributed by atoms with E-state index >= 15 is 0 Å². The maximum atomic E-state index is 11.5. The number of allylic oxidation sites excluding steroid dienone is 1. The van der Waals surface area contributed by atoms with Gasteiger partial charge in [0.1, 0.15) is 6.61 Å². The lowest BCUT2D eigenvalue weighted by molar-refractivity contribution is -0.156. The van der Waals surface area contributed by atoms with Crippen LogP contribution in [0.4, 0.5) is 0 Å². The Kier molecular flexibility index (Phi) is 5.32. The van der Waals surface area contributed by atoms with Crippen molar-refractivity contribution < 1.29 is 19.0 Å². The Morgan fingerprint density at radius 3 is 2.88 bits per heavy atom. The molecule has 92 valence electrons. The highest BCUT2D eigenvalue weighted by atomic mass is 16.6. The molecule has 2 unspecified atom stereocenters. The van der Waals surface area contributed by atoms with Gasteiger partial charge in [-0.05, 0) is 39.2 Å². The van der Waals surface area contributed by atoms with Crippen LogP contribution < -0.4 is 0 Å². The van der Waals surface area contributed by atoms with Crippen LogP contribution in [-0.2, 0) is 19.0 Å². The fraction of sp³-hybridized carbons (Fsp3) is 0.750. The Morgan fingerprint density at radius 2 is 2.31 bits per heavy atom. The van der Waals surface area contributed by atoms with Gasteiger partial charge in [0.25, 0.3) is 0 Å². The minimum atomic E-state index is -0.559. The molecule has 0 aromatic rings. The standard InChI is InChI=1S/C12H20O4/c1-9(2)7-15-10(3)12(13)16-8-11-5-4-6-14-11/h7,10-11H,4-6,8H2,1-3H3. The molecule has 0 amide bonds. The number of carbonyl (C=O) groups excluding carboxylic acids is 1. The average molecular weight is 228 g/mol. The number of hydrogen-bond donors (Lipinski definition) is 0. The lowest BCUT2D eigenvalue weighted by Gasteiger charge is -2.14. The molecule has 1 fully saturated rings. The number of rotatable bonds is 5. The molecular formula is C12H20O4. The van der Waals surface area contributed by atoms with Gasteiger partial charge in [-0.3, -0.25) is 0 Å². The van der Waals surface area contributed by atoms with Crippen LogP contribution in [0.25, 0.3) is 0 Å². The molecule has 1 heterocycles. The summed E-state index contributed by atoms with van der Waals surface area (Å²) >= 11 is 0. The molecule has 1 aliphatic heterocycles. The summed E-state index contributed by atoms with van der Waals surface area (Å²) in [4.78, 5) is 11.5. The lowest BCUT2D eigenvalue weighted by atomic mass is 10.2. The fourth-order valence-corrected chi connectivity index (χ4v) is 1.36. The summed E-state index contributed by atoms with van der Waals surface area (Å²) in [6.07, 6.45) is 3.09. The second kappa shape index (κ2) is 6.53. The van der Waals surface area contributed by atoms with Crippen LogP contribution in [0.15, 0.2) is 11.8 Å². The van der Waals surface area contributed by atoms with E-state index in [1.807, 2.05) is 13.8 Å². The third-order valence-corrected chi connectivity index (χ3v) is 2.28. The summed E-state index contributed by atoms with van der Waals surface area (Å²) in [5, 5.41) is 0. The van der Waals surface area contributed by atoms with Gasteiger partial charge in [-0.1, -0.05) is 0 Å². The minimum Gasteiger partial charge on any atom is -0.487 e. The molecule has 0 N–H and O–H groups in total. The molecule has 0 aliphatic carbocycles. The maximum absolute atomic E-state index is 11.5. The van der Waals surface area contributed by atoms with Crippen LogP contribution in [0, 0.1) is 0 Å². The minimum absolute atomic E-state index is 0.0691. The van der Waals surface area contributed by atoms with Crippen molar-refractivity contribution in [3.63, 3.8) is 0 Å². The zero-order chi connectivity index (χ0) is 12.0. The third-order valence-electron chi connectivity index (χ3n) is 2.28. The second-order valence-electron chi connectivity index (χ2n) is 4.24. The normalized spacial score (nSPS) is 21.3. The monoisotopic (exact) mass is 228 g/mol. The van der Waals surface area contributed by atoms with Crippen LogP contribution in [0.3, 0.4) is 0 Å². The van der Waals surface area contributed by atoms with Crippen molar-refractivity contribution in [2.75, 3.05) is 13.2 Å². The van der Waals surface area contributed by atoms with Crippen LogP contribution in [-0.4, -0.2) is 31.4 Å². The zero-order valence-electron chi connectivity index (χ0n) is 10.2. The lowest BCUT2D eigenvalue weighted by Crippen LogP contribution is -2.26. The van der Waals surface area contributed by atoms with E-state index in [-0.39, 0.29) is 12.1 Å². The molecule has 0 saturated carbocycles. The largest absolute Gasteiger partial charge is 0.487 e. The molecule has 4 nitrogen and oxygen atoms in total. The molecule has 4 heteroatoms. The maximum Gasteiger partial charge on any atom is 0.347 e. The Labute approximate surface area is 96.6 Å². The van der Waals surface area contributed by atoms with Gasteiger partial charge in [0.05, 0.1) is 12.4 Å². The van der Waals surface area contributed by atoms with Crippen LogP contribution >= 0.6 is 0 Å². The summed E-state index contributed by atoms with van der Waals surface area (Å²) in [5.41, 5.74) is 1.01.